The van der Waals surface area contributed by atoms with Crippen molar-refractivity contribution in [3.63, 3.8) is 0 Å². The lowest BCUT2D eigenvalue weighted by Gasteiger charge is -2.15. The van der Waals surface area contributed by atoms with E-state index in [1.54, 1.807) is 16.8 Å². The van der Waals surface area contributed by atoms with Crippen molar-refractivity contribution < 1.29 is 0 Å². The summed E-state index contributed by atoms with van der Waals surface area (Å²) in [6.07, 6.45) is 5.19. The highest BCUT2D eigenvalue weighted by Crippen LogP contribution is 2.18. The maximum Gasteiger partial charge on any atom is 0.105 e. The molecule has 0 bridgehead atoms. The van der Waals surface area contributed by atoms with E-state index >= 15 is 0 Å². The van der Waals surface area contributed by atoms with E-state index in [-0.39, 0.29) is 0 Å². The van der Waals surface area contributed by atoms with Gasteiger partial charge in [0, 0.05) is 6.20 Å². The zero-order valence-corrected chi connectivity index (χ0v) is 5.97. The van der Waals surface area contributed by atoms with E-state index in [4.69, 9.17) is 0 Å². The highest BCUT2D eigenvalue weighted by Gasteiger charge is 2.16. The van der Waals surface area contributed by atoms with Gasteiger partial charge in [0.1, 0.15) is 6.34 Å². The van der Waals surface area contributed by atoms with Gasteiger partial charge in [-0.3, -0.25) is 9.73 Å². The molecule has 5 heteroatoms. The molecule has 0 saturated carbocycles. The molecular formula is C5H6N4S. The Balaban J connectivity index is 2.39. The van der Waals surface area contributed by atoms with Gasteiger partial charge < -0.3 is 5.43 Å². The number of thiol groups is 1. The molecule has 0 amide bonds. The van der Waals surface area contributed by atoms with E-state index in [1.807, 2.05) is 6.20 Å². The molecule has 0 aromatic carbocycles. The minimum atomic E-state index is 0.942. The predicted molar refractivity (Wildman–Crippen MR) is 41.8 cm³/mol. The molecule has 10 heavy (non-hydrogen) atoms. The lowest BCUT2D eigenvalue weighted by atomic mass is 10.3. The molecule has 0 atom stereocenters. The van der Waals surface area contributed by atoms with Crippen LogP contribution in [0.4, 0.5) is 0 Å². The van der Waals surface area contributed by atoms with Crippen LogP contribution >= 0.6 is 12.8 Å². The van der Waals surface area contributed by atoms with Gasteiger partial charge in [0.25, 0.3) is 0 Å². The highest BCUT2D eigenvalue weighted by atomic mass is 32.1. The molecule has 0 fully saturated rings. The number of fused-ring (bicyclic) bond motifs is 1. The van der Waals surface area contributed by atoms with Crippen molar-refractivity contribution >= 4 is 19.2 Å². The Morgan fingerprint density at radius 1 is 1.60 bits per heavy atom. The van der Waals surface area contributed by atoms with Gasteiger partial charge in [0.05, 0.1) is 17.6 Å². The number of rotatable bonds is 0. The van der Waals surface area contributed by atoms with Crippen molar-refractivity contribution in [1.82, 2.24) is 15.2 Å². The Morgan fingerprint density at radius 2 is 2.50 bits per heavy atom. The predicted octanol–water partition coefficient (Wildman–Crippen LogP) is -0.0343. The number of aliphatic imine (C=N–C) groups is 1. The summed E-state index contributed by atoms with van der Waals surface area (Å²) in [7, 11) is 0. The second kappa shape index (κ2) is 1.95. The molecule has 0 aromatic heterocycles. The molecule has 2 aliphatic heterocycles. The average molecular weight is 154 g/mol. The molecule has 0 spiro atoms. The molecule has 2 N–H and O–H groups in total. The number of hydrazine groups is 1. The third kappa shape index (κ3) is 0.672. The first-order valence-corrected chi connectivity index (χ1v) is 3.21. The Morgan fingerprint density at radius 3 is 3.30 bits per heavy atom. The second-order valence-corrected chi connectivity index (χ2v) is 2.38. The Bertz CT molecular complexity index is 242. The van der Waals surface area contributed by atoms with Gasteiger partial charge in [-0.2, -0.15) is 0 Å². The summed E-state index contributed by atoms with van der Waals surface area (Å²) < 4.78 is 1.64. The quantitative estimate of drug-likeness (QED) is 0.429. The van der Waals surface area contributed by atoms with Crippen molar-refractivity contribution in [2.75, 3.05) is 0 Å². The van der Waals surface area contributed by atoms with Crippen LogP contribution in [0.5, 0.6) is 0 Å². The fourth-order valence-corrected chi connectivity index (χ4v) is 1.07. The third-order valence-corrected chi connectivity index (χ3v) is 1.64. The van der Waals surface area contributed by atoms with E-state index in [1.165, 1.54) is 0 Å². The monoisotopic (exact) mass is 154 g/mol. The van der Waals surface area contributed by atoms with E-state index in [0.717, 1.165) is 11.4 Å². The molecule has 4 nitrogen and oxygen atoms in total. The van der Waals surface area contributed by atoms with Crippen molar-refractivity contribution in [3.8, 4) is 0 Å². The fourth-order valence-electron chi connectivity index (χ4n) is 0.845. The summed E-state index contributed by atoms with van der Waals surface area (Å²) in [5.74, 6) is 0. The van der Waals surface area contributed by atoms with Crippen molar-refractivity contribution in [2.45, 2.75) is 0 Å². The summed E-state index contributed by atoms with van der Waals surface area (Å²) >= 11 is 4.13. The van der Waals surface area contributed by atoms with Gasteiger partial charge in [0.15, 0.2) is 0 Å². The first-order chi connectivity index (χ1) is 4.88. The van der Waals surface area contributed by atoms with E-state index in [9.17, 15) is 0 Å². The molecule has 0 saturated heterocycles. The van der Waals surface area contributed by atoms with Crippen molar-refractivity contribution in [2.24, 2.45) is 4.99 Å². The van der Waals surface area contributed by atoms with Crippen LogP contribution in [0.3, 0.4) is 0 Å². The fraction of sp³-hybridized carbons (Fsp3) is 0. The van der Waals surface area contributed by atoms with Crippen molar-refractivity contribution in [3.05, 3.63) is 23.8 Å². The SMILES string of the molecule is SN1C=NC=C2NNC=C21. The van der Waals surface area contributed by atoms with Crippen LogP contribution < -0.4 is 10.9 Å². The maximum atomic E-state index is 4.13. The summed E-state index contributed by atoms with van der Waals surface area (Å²) in [5.41, 5.74) is 7.67. The van der Waals surface area contributed by atoms with Gasteiger partial charge in [-0.25, -0.2) is 4.99 Å². The lowest BCUT2D eigenvalue weighted by molar-refractivity contribution is 0.765. The number of nitrogens with one attached hydrogen (secondary N) is 2. The topological polar surface area (TPSA) is 39.7 Å². The molecule has 2 rings (SSSR count). The smallest absolute Gasteiger partial charge is 0.105 e. The number of nitrogens with zero attached hydrogens (tertiary/aromatic N) is 2. The highest BCUT2D eigenvalue weighted by molar-refractivity contribution is 7.78. The van der Waals surface area contributed by atoms with Crippen LogP contribution in [0.15, 0.2) is 28.8 Å². The zero-order valence-electron chi connectivity index (χ0n) is 5.07. The Kier molecular flexibility index (Phi) is 1.10. The molecule has 2 heterocycles. The standard InChI is InChI=1S/C5H6N4S/c10-9-3-6-1-4-5(9)2-7-8-4/h1-3,7-8,10H. The Hall–Kier alpha value is -1.10. The van der Waals surface area contributed by atoms with Crippen LogP contribution in [-0.4, -0.2) is 10.6 Å². The van der Waals surface area contributed by atoms with E-state index < -0.39 is 0 Å². The van der Waals surface area contributed by atoms with Crippen molar-refractivity contribution in [1.29, 1.82) is 0 Å². The zero-order chi connectivity index (χ0) is 6.97. The van der Waals surface area contributed by atoms with Crippen LogP contribution in [0.2, 0.25) is 0 Å². The van der Waals surface area contributed by atoms with Gasteiger partial charge in [-0.05, 0) is 0 Å². The molecule has 0 aliphatic carbocycles. The first kappa shape index (κ1) is 5.67. The Labute approximate surface area is 63.8 Å². The van der Waals surface area contributed by atoms with Gasteiger partial charge >= 0.3 is 0 Å². The minimum Gasteiger partial charge on any atom is -0.306 e. The summed E-state index contributed by atoms with van der Waals surface area (Å²) in [6.45, 7) is 0. The summed E-state index contributed by atoms with van der Waals surface area (Å²) in [4.78, 5) is 3.92. The molecule has 0 radical (unpaired) electrons. The van der Waals surface area contributed by atoms with Gasteiger partial charge in [-0.1, -0.05) is 12.8 Å². The lowest BCUT2D eigenvalue weighted by Crippen LogP contribution is -2.22. The van der Waals surface area contributed by atoms with Crippen LogP contribution in [-0.2, 0) is 0 Å². The maximum absolute atomic E-state index is 4.13. The van der Waals surface area contributed by atoms with E-state index in [2.05, 4.69) is 28.7 Å². The van der Waals surface area contributed by atoms with Crippen LogP contribution in [0.1, 0.15) is 0 Å². The average Bonchev–Trinajstić information content (AvgIpc) is 2.36. The summed E-state index contributed by atoms with van der Waals surface area (Å²) in [5, 5.41) is 0. The second-order valence-electron chi connectivity index (χ2n) is 1.95. The number of hydrogen-bond acceptors (Lipinski definition) is 5. The molecule has 2 aliphatic rings. The minimum absolute atomic E-state index is 0.942. The van der Waals surface area contributed by atoms with Gasteiger partial charge in [0.2, 0.25) is 0 Å². The third-order valence-electron chi connectivity index (χ3n) is 1.32. The van der Waals surface area contributed by atoms with Crippen LogP contribution in [0, 0.1) is 0 Å². The summed E-state index contributed by atoms with van der Waals surface area (Å²) in [6, 6.07) is 0. The number of hydrogen-bond donors (Lipinski definition) is 3. The van der Waals surface area contributed by atoms with Crippen LogP contribution in [0.25, 0.3) is 0 Å². The molecule has 0 unspecified atom stereocenters. The molecule has 52 valence electrons. The van der Waals surface area contributed by atoms with Gasteiger partial charge in [-0.15, -0.1) is 0 Å². The first-order valence-electron chi connectivity index (χ1n) is 2.81. The normalized spacial score (nSPS) is 20.7. The molecule has 0 aromatic rings. The largest absolute Gasteiger partial charge is 0.306 e. The van der Waals surface area contributed by atoms with E-state index in [0.29, 0.717) is 0 Å². The molecular weight excluding hydrogens is 148 g/mol.